The molecule has 0 atom stereocenters. The van der Waals surface area contributed by atoms with Crippen LogP contribution in [0.4, 0.5) is 0 Å². The zero-order valence-electron chi connectivity index (χ0n) is 12.8. The van der Waals surface area contributed by atoms with Gasteiger partial charge in [-0.2, -0.15) is 0 Å². The number of nitrogens with zero attached hydrogens (tertiary/aromatic N) is 3. The number of rotatable bonds is 4. The van der Waals surface area contributed by atoms with Crippen molar-refractivity contribution in [3.05, 3.63) is 53.3 Å². The fraction of sp³-hybridized carbons (Fsp3) is 0.312. The average molecular weight is 298 g/mol. The van der Waals surface area contributed by atoms with E-state index >= 15 is 0 Å². The van der Waals surface area contributed by atoms with Gasteiger partial charge in [0, 0.05) is 24.4 Å². The summed E-state index contributed by atoms with van der Waals surface area (Å²) < 4.78 is 7.06. The van der Waals surface area contributed by atoms with Crippen LogP contribution in [0.2, 0.25) is 0 Å². The number of carbonyl (C=O) groups is 1. The van der Waals surface area contributed by atoms with Crippen LogP contribution < -0.4 is 5.32 Å². The number of fused-ring (bicyclic) bond motifs is 1. The van der Waals surface area contributed by atoms with Gasteiger partial charge in [0.1, 0.15) is 11.4 Å². The maximum atomic E-state index is 12.1. The number of hydrogen-bond donors (Lipinski definition) is 1. The lowest BCUT2D eigenvalue weighted by Gasteiger charge is -1.98. The Hall–Kier alpha value is -2.63. The summed E-state index contributed by atoms with van der Waals surface area (Å²) in [5.41, 5.74) is 3.11. The van der Waals surface area contributed by atoms with E-state index in [0.29, 0.717) is 18.0 Å². The fourth-order valence-corrected chi connectivity index (χ4v) is 2.15. The van der Waals surface area contributed by atoms with Crippen molar-refractivity contribution in [2.75, 3.05) is 0 Å². The zero-order chi connectivity index (χ0) is 15.7. The highest BCUT2D eigenvalue weighted by molar-refractivity contribution is 5.92. The molecular formula is C16H18N4O2. The largest absolute Gasteiger partial charge is 0.360 e. The van der Waals surface area contributed by atoms with Crippen molar-refractivity contribution in [3.8, 4) is 0 Å². The summed E-state index contributed by atoms with van der Waals surface area (Å²) in [6.45, 7) is 6.35. The molecule has 3 aromatic heterocycles. The predicted octanol–water partition coefficient (Wildman–Crippen LogP) is 2.68. The first-order chi connectivity index (χ1) is 10.5. The van der Waals surface area contributed by atoms with Crippen LogP contribution in [0.25, 0.3) is 5.65 Å². The molecule has 1 amide bonds. The number of nitrogens with one attached hydrogen (secondary N) is 1. The third kappa shape index (κ3) is 2.86. The Kier molecular flexibility index (Phi) is 3.66. The van der Waals surface area contributed by atoms with Crippen LogP contribution in [0.1, 0.15) is 47.3 Å². The molecule has 3 rings (SSSR count). The lowest BCUT2D eigenvalue weighted by atomic mass is 10.1. The normalized spacial score (nSPS) is 11.3. The Morgan fingerprint density at radius 3 is 2.95 bits per heavy atom. The van der Waals surface area contributed by atoms with E-state index in [2.05, 4.69) is 15.5 Å². The number of amides is 1. The second kappa shape index (κ2) is 5.63. The van der Waals surface area contributed by atoms with Gasteiger partial charge in [0.15, 0.2) is 5.69 Å². The van der Waals surface area contributed by atoms with Gasteiger partial charge >= 0.3 is 0 Å². The minimum atomic E-state index is -0.260. The highest BCUT2D eigenvalue weighted by Gasteiger charge is 2.14. The molecule has 0 aliphatic carbocycles. The van der Waals surface area contributed by atoms with E-state index in [9.17, 15) is 4.79 Å². The molecule has 0 saturated carbocycles. The van der Waals surface area contributed by atoms with Crippen LogP contribution in [0.5, 0.6) is 0 Å². The van der Waals surface area contributed by atoms with E-state index in [-0.39, 0.29) is 11.8 Å². The number of imidazole rings is 1. The molecule has 3 heterocycles. The molecule has 0 aromatic carbocycles. The average Bonchev–Trinajstić information content (AvgIpc) is 3.10. The summed E-state index contributed by atoms with van der Waals surface area (Å²) in [6, 6.07) is 5.69. The maximum Gasteiger partial charge on any atom is 0.273 e. The van der Waals surface area contributed by atoms with E-state index in [0.717, 1.165) is 16.9 Å². The molecular weight excluding hydrogens is 280 g/mol. The highest BCUT2D eigenvalue weighted by atomic mass is 16.5. The summed E-state index contributed by atoms with van der Waals surface area (Å²) >= 11 is 0. The van der Waals surface area contributed by atoms with Crippen molar-refractivity contribution in [3.63, 3.8) is 0 Å². The summed E-state index contributed by atoms with van der Waals surface area (Å²) in [5.74, 6) is 0.646. The molecule has 0 spiro atoms. The molecule has 0 unspecified atom stereocenters. The SMILES string of the molecule is Cc1ccn2cc(CNC(=O)c3cc(C(C)C)on3)nc2c1. The quantitative estimate of drug-likeness (QED) is 0.803. The first-order valence-corrected chi connectivity index (χ1v) is 7.22. The maximum absolute atomic E-state index is 12.1. The molecule has 3 aromatic rings. The molecule has 0 aliphatic rings. The topological polar surface area (TPSA) is 72.4 Å². The van der Waals surface area contributed by atoms with Gasteiger partial charge in [-0.1, -0.05) is 19.0 Å². The third-order valence-electron chi connectivity index (χ3n) is 3.43. The van der Waals surface area contributed by atoms with E-state index in [1.165, 1.54) is 0 Å². The van der Waals surface area contributed by atoms with E-state index in [1.54, 1.807) is 6.07 Å². The fourth-order valence-electron chi connectivity index (χ4n) is 2.15. The number of aromatic nitrogens is 3. The molecule has 22 heavy (non-hydrogen) atoms. The second-order valence-corrected chi connectivity index (χ2v) is 5.65. The van der Waals surface area contributed by atoms with Crippen LogP contribution in [0.15, 0.2) is 35.1 Å². The van der Waals surface area contributed by atoms with Gasteiger partial charge in [-0.3, -0.25) is 4.79 Å². The summed E-state index contributed by atoms with van der Waals surface area (Å²) in [5, 5.41) is 6.60. The minimum absolute atomic E-state index is 0.204. The monoisotopic (exact) mass is 298 g/mol. The van der Waals surface area contributed by atoms with E-state index in [4.69, 9.17) is 4.52 Å². The standard InChI is InChI=1S/C16H18N4O2/c1-10(2)14-7-13(19-22-14)16(21)17-8-12-9-20-5-4-11(3)6-15(20)18-12/h4-7,9-10H,8H2,1-3H3,(H,17,21). The van der Waals surface area contributed by atoms with Crippen LogP contribution in [0.3, 0.4) is 0 Å². The molecule has 0 fully saturated rings. The molecule has 6 nitrogen and oxygen atoms in total. The lowest BCUT2D eigenvalue weighted by Crippen LogP contribution is -2.23. The molecule has 0 radical (unpaired) electrons. The minimum Gasteiger partial charge on any atom is -0.360 e. The van der Waals surface area contributed by atoms with Gasteiger partial charge < -0.3 is 14.2 Å². The zero-order valence-corrected chi connectivity index (χ0v) is 12.8. The van der Waals surface area contributed by atoms with Gasteiger partial charge in [0.05, 0.1) is 12.2 Å². The molecule has 114 valence electrons. The molecule has 6 heteroatoms. The highest BCUT2D eigenvalue weighted by Crippen LogP contribution is 2.15. The van der Waals surface area contributed by atoms with E-state index < -0.39 is 0 Å². The lowest BCUT2D eigenvalue weighted by molar-refractivity contribution is 0.0941. The van der Waals surface area contributed by atoms with Crippen molar-refractivity contribution >= 4 is 11.6 Å². The Morgan fingerprint density at radius 1 is 1.41 bits per heavy atom. The molecule has 0 aliphatic heterocycles. The van der Waals surface area contributed by atoms with Crippen LogP contribution in [0, 0.1) is 6.92 Å². The van der Waals surface area contributed by atoms with Crippen LogP contribution in [-0.2, 0) is 6.54 Å². The van der Waals surface area contributed by atoms with Gasteiger partial charge in [-0.25, -0.2) is 4.98 Å². The van der Waals surface area contributed by atoms with Crippen LogP contribution >= 0.6 is 0 Å². The van der Waals surface area contributed by atoms with Crippen molar-refractivity contribution in [1.82, 2.24) is 19.9 Å². The molecule has 0 saturated heterocycles. The molecule has 0 bridgehead atoms. The summed E-state index contributed by atoms with van der Waals surface area (Å²) in [4.78, 5) is 16.5. The smallest absolute Gasteiger partial charge is 0.273 e. The van der Waals surface area contributed by atoms with Crippen molar-refractivity contribution < 1.29 is 9.32 Å². The van der Waals surface area contributed by atoms with Gasteiger partial charge in [-0.15, -0.1) is 0 Å². The van der Waals surface area contributed by atoms with Gasteiger partial charge in [0.25, 0.3) is 5.91 Å². The predicted molar refractivity (Wildman–Crippen MR) is 81.7 cm³/mol. The molecule has 1 N–H and O–H groups in total. The van der Waals surface area contributed by atoms with Gasteiger partial charge in [-0.05, 0) is 24.6 Å². The van der Waals surface area contributed by atoms with Crippen molar-refractivity contribution in [1.29, 1.82) is 0 Å². The Labute approximate surface area is 128 Å². The Bertz CT molecular complexity index is 817. The number of aryl methyl sites for hydroxylation is 1. The Balaban J connectivity index is 1.68. The summed E-state index contributed by atoms with van der Waals surface area (Å²) in [6.07, 6.45) is 3.85. The number of carbonyl (C=O) groups excluding carboxylic acids is 1. The van der Waals surface area contributed by atoms with Crippen molar-refractivity contribution in [2.24, 2.45) is 0 Å². The summed E-state index contributed by atoms with van der Waals surface area (Å²) in [7, 11) is 0. The first kappa shape index (κ1) is 14.3. The second-order valence-electron chi connectivity index (χ2n) is 5.65. The van der Waals surface area contributed by atoms with Crippen molar-refractivity contribution in [2.45, 2.75) is 33.2 Å². The number of pyridine rings is 1. The Morgan fingerprint density at radius 2 is 2.23 bits per heavy atom. The van der Waals surface area contributed by atoms with Gasteiger partial charge in [0.2, 0.25) is 0 Å². The van der Waals surface area contributed by atoms with Crippen LogP contribution in [-0.4, -0.2) is 20.4 Å². The third-order valence-corrected chi connectivity index (χ3v) is 3.43. The van der Waals surface area contributed by atoms with E-state index in [1.807, 2.05) is 49.7 Å². The number of hydrogen-bond acceptors (Lipinski definition) is 4. The first-order valence-electron chi connectivity index (χ1n) is 7.22.